The van der Waals surface area contributed by atoms with Gasteiger partial charge < -0.3 is 5.32 Å². The minimum absolute atomic E-state index is 0.0186. The molecule has 1 amide bonds. The van der Waals surface area contributed by atoms with E-state index in [1.807, 2.05) is 44.2 Å². The number of hydrogen-bond donors (Lipinski definition) is 1. The Morgan fingerprint density at radius 1 is 1.17 bits per heavy atom. The van der Waals surface area contributed by atoms with Gasteiger partial charge in [0.2, 0.25) is 5.91 Å². The summed E-state index contributed by atoms with van der Waals surface area (Å²) < 4.78 is 0. The maximum Gasteiger partial charge on any atom is 0.228 e. The molecule has 0 aliphatic carbocycles. The number of nitrogens with one attached hydrogen (secondary N) is 1. The number of aryl methyl sites for hydroxylation is 2. The Hall–Kier alpha value is -2.16. The summed E-state index contributed by atoms with van der Waals surface area (Å²) in [5, 5.41) is 2.87. The van der Waals surface area contributed by atoms with E-state index in [0.29, 0.717) is 6.42 Å². The molecule has 2 rings (SSSR count). The standard InChI is InChI=1S/C15H16N2O/c1-11-3-5-13(6-4-11)9-15(18)17-14-10-16-8-7-12(14)2/h3-8,10H,9H2,1-2H3,(H,17,18). The summed E-state index contributed by atoms with van der Waals surface area (Å²) in [5.41, 5.74) is 4.00. The first kappa shape index (κ1) is 12.3. The highest BCUT2D eigenvalue weighted by Crippen LogP contribution is 2.12. The Morgan fingerprint density at radius 2 is 1.89 bits per heavy atom. The second kappa shape index (κ2) is 5.45. The summed E-state index contributed by atoms with van der Waals surface area (Å²) in [6, 6.07) is 9.85. The lowest BCUT2D eigenvalue weighted by molar-refractivity contribution is -0.115. The van der Waals surface area contributed by atoms with Crippen LogP contribution in [0, 0.1) is 13.8 Å². The first-order chi connectivity index (χ1) is 8.65. The van der Waals surface area contributed by atoms with Gasteiger partial charge in [0.05, 0.1) is 18.3 Å². The molecule has 0 saturated carbocycles. The third-order valence-electron chi connectivity index (χ3n) is 2.80. The Kier molecular flexibility index (Phi) is 3.72. The van der Waals surface area contributed by atoms with Gasteiger partial charge in [0.15, 0.2) is 0 Å². The van der Waals surface area contributed by atoms with E-state index in [2.05, 4.69) is 10.3 Å². The summed E-state index contributed by atoms with van der Waals surface area (Å²) >= 11 is 0. The smallest absolute Gasteiger partial charge is 0.228 e. The predicted molar refractivity (Wildman–Crippen MR) is 72.5 cm³/mol. The van der Waals surface area contributed by atoms with Gasteiger partial charge in [0.1, 0.15) is 0 Å². The maximum atomic E-state index is 11.9. The van der Waals surface area contributed by atoms with E-state index in [4.69, 9.17) is 0 Å². The second-order valence-corrected chi connectivity index (χ2v) is 4.40. The van der Waals surface area contributed by atoms with Crippen molar-refractivity contribution in [3.05, 3.63) is 59.4 Å². The number of aromatic nitrogens is 1. The van der Waals surface area contributed by atoms with Gasteiger partial charge in [0, 0.05) is 6.20 Å². The molecule has 0 atom stereocenters. The van der Waals surface area contributed by atoms with Gasteiger partial charge in [-0.05, 0) is 31.0 Å². The van der Waals surface area contributed by atoms with Crippen LogP contribution in [0.4, 0.5) is 5.69 Å². The first-order valence-corrected chi connectivity index (χ1v) is 5.91. The van der Waals surface area contributed by atoms with Crippen LogP contribution in [-0.2, 0) is 11.2 Å². The molecule has 92 valence electrons. The molecular formula is C15H16N2O. The number of benzene rings is 1. The normalized spacial score (nSPS) is 10.1. The summed E-state index contributed by atoms with van der Waals surface area (Å²) in [6.07, 6.45) is 3.77. The fraction of sp³-hybridized carbons (Fsp3) is 0.200. The molecule has 2 aromatic rings. The molecule has 0 radical (unpaired) electrons. The van der Waals surface area contributed by atoms with E-state index >= 15 is 0 Å². The fourth-order valence-corrected chi connectivity index (χ4v) is 1.68. The Balaban J connectivity index is 2.01. The number of nitrogens with zero attached hydrogens (tertiary/aromatic N) is 1. The highest BCUT2D eigenvalue weighted by molar-refractivity contribution is 5.92. The van der Waals surface area contributed by atoms with E-state index < -0.39 is 0 Å². The zero-order valence-electron chi connectivity index (χ0n) is 10.6. The van der Waals surface area contributed by atoms with Gasteiger partial charge in [-0.1, -0.05) is 29.8 Å². The van der Waals surface area contributed by atoms with Crippen LogP contribution < -0.4 is 5.32 Å². The van der Waals surface area contributed by atoms with Crippen LogP contribution in [0.3, 0.4) is 0 Å². The van der Waals surface area contributed by atoms with E-state index in [9.17, 15) is 4.79 Å². The molecule has 0 spiro atoms. The van der Waals surface area contributed by atoms with Crippen molar-refractivity contribution in [2.24, 2.45) is 0 Å². The lowest BCUT2D eigenvalue weighted by atomic mass is 10.1. The molecule has 1 aromatic carbocycles. The van der Waals surface area contributed by atoms with Gasteiger partial charge >= 0.3 is 0 Å². The minimum atomic E-state index is -0.0186. The molecule has 0 fully saturated rings. The molecule has 1 N–H and O–H groups in total. The van der Waals surface area contributed by atoms with Crippen molar-refractivity contribution in [2.45, 2.75) is 20.3 Å². The van der Waals surface area contributed by atoms with Crippen LogP contribution in [0.25, 0.3) is 0 Å². The van der Waals surface area contributed by atoms with Gasteiger partial charge in [-0.15, -0.1) is 0 Å². The molecular weight excluding hydrogens is 224 g/mol. The number of pyridine rings is 1. The van der Waals surface area contributed by atoms with E-state index in [1.165, 1.54) is 5.56 Å². The van der Waals surface area contributed by atoms with Gasteiger partial charge in [-0.3, -0.25) is 9.78 Å². The fourth-order valence-electron chi connectivity index (χ4n) is 1.68. The summed E-state index contributed by atoms with van der Waals surface area (Å²) in [7, 11) is 0. The van der Waals surface area contributed by atoms with E-state index in [1.54, 1.807) is 12.4 Å². The molecule has 0 bridgehead atoms. The molecule has 0 saturated heterocycles. The Labute approximate surface area is 107 Å². The molecule has 0 unspecified atom stereocenters. The van der Waals surface area contributed by atoms with Crippen molar-refractivity contribution in [3.8, 4) is 0 Å². The maximum absolute atomic E-state index is 11.9. The van der Waals surface area contributed by atoms with Crippen molar-refractivity contribution in [2.75, 3.05) is 5.32 Å². The van der Waals surface area contributed by atoms with Gasteiger partial charge in [0.25, 0.3) is 0 Å². The third-order valence-corrected chi connectivity index (χ3v) is 2.80. The molecule has 3 heteroatoms. The second-order valence-electron chi connectivity index (χ2n) is 4.40. The quantitative estimate of drug-likeness (QED) is 0.896. The highest BCUT2D eigenvalue weighted by Gasteiger charge is 2.05. The Bertz CT molecular complexity index is 547. The summed E-state index contributed by atoms with van der Waals surface area (Å²) in [5.74, 6) is -0.0186. The Morgan fingerprint density at radius 3 is 2.56 bits per heavy atom. The first-order valence-electron chi connectivity index (χ1n) is 5.91. The van der Waals surface area contributed by atoms with Crippen molar-refractivity contribution in [3.63, 3.8) is 0 Å². The molecule has 18 heavy (non-hydrogen) atoms. The largest absolute Gasteiger partial charge is 0.324 e. The number of carbonyl (C=O) groups excluding carboxylic acids is 1. The monoisotopic (exact) mass is 240 g/mol. The van der Waals surface area contributed by atoms with Crippen LogP contribution in [0.5, 0.6) is 0 Å². The molecule has 0 aliphatic heterocycles. The zero-order valence-corrected chi connectivity index (χ0v) is 10.6. The predicted octanol–water partition coefficient (Wildman–Crippen LogP) is 2.88. The molecule has 0 aliphatic rings. The van der Waals surface area contributed by atoms with Gasteiger partial charge in [-0.2, -0.15) is 0 Å². The number of hydrogen-bond acceptors (Lipinski definition) is 2. The zero-order chi connectivity index (χ0) is 13.0. The topological polar surface area (TPSA) is 42.0 Å². The highest BCUT2D eigenvalue weighted by atomic mass is 16.1. The molecule has 3 nitrogen and oxygen atoms in total. The lowest BCUT2D eigenvalue weighted by Gasteiger charge is -2.07. The van der Waals surface area contributed by atoms with Crippen LogP contribution in [0.15, 0.2) is 42.7 Å². The number of anilines is 1. The van der Waals surface area contributed by atoms with Crippen molar-refractivity contribution < 1.29 is 4.79 Å². The summed E-state index contributed by atoms with van der Waals surface area (Å²) in [6.45, 7) is 3.98. The van der Waals surface area contributed by atoms with E-state index in [0.717, 1.165) is 16.8 Å². The van der Waals surface area contributed by atoms with Crippen LogP contribution in [0.1, 0.15) is 16.7 Å². The van der Waals surface area contributed by atoms with E-state index in [-0.39, 0.29) is 5.91 Å². The van der Waals surface area contributed by atoms with Crippen LogP contribution >= 0.6 is 0 Å². The van der Waals surface area contributed by atoms with Crippen LogP contribution in [-0.4, -0.2) is 10.9 Å². The minimum Gasteiger partial charge on any atom is -0.324 e. The van der Waals surface area contributed by atoms with Gasteiger partial charge in [-0.25, -0.2) is 0 Å². The average molecular weight is 240 g/mol. The molecule has 1 aromatic heterocycles. The van der Waals surface area contributed by atoms with Crippen molar-refractivity contribution >= 4 is 11.6 Å². The SMILES string of the molecule is Cc1ccc(CC(=O)Nc2cnccc2C)cc1. The van der Waals surface area contributed by atoms with Crippen LogP contribution in [0.2, 0.25) is 0 Å². The number of amides is 1. The third kappa shape index (κ3) is 3.17. The number of carbonyl (C=O) groups is 1. The van der Waals surface area contributed by atoms with Crippen molar-refractivity contribution in [1.29, 1.82) is 0 Å². The van der Waals surface area contributed by atoms with Crippen molar-refractivity contribution in [1.82, 2.24) is 4.98 Å². The lowest BCUT2D eigenvalue weighted by Crippen LogP contribution is -2.15. The average Bonchev–Trinajstić information content (AvgIpc) is 2.35. The molecule has 1 heterocycles. The summed E-state index contributed by atoms with van der Waals surface area (Å²) in [4.78, 5) is 15.9. The number of rotatable bonds is 3.